The summed E-state index contributed by atoms with van der Waals surface area (Å²) in [6, 6.07) is 3.94. The molecular weight excluding hydrogens is 464 g/mol. The van der Waals surface area contributed by atoms with Crippen molar-refractivity contribution in [3.05, 3.63) is 56.0 Å². The van der Waals surface area contributed by atoms with Crippen LogP contribution in [0.2, 0.25) is 0 Å². The van der Waals surface area contributed by atoms with Crippen LogP contribution in [0, 0.1) is 13.8 Å². The highest BCUT2D eigenvalue weighted by atomic mass is 32.1. The van der Waals surface area contributed by atoms with Gasteiger partial charge in [-0.25, -0.2) is 4.98 Å². The number of aryl methyl sites for hydroxylation is 2. The van der Waals surface area contributed by atoms with Crippen molar-refractivity contribution in [1.82, 2.24) is 19.8 Å². The van der Waals surface area contributed by atoms with E-state index >= 15 is 0 Å². The van der Waals surface area contributed by atoms with Gasteiger partial charge in [0.25, 0.3) is 5.56 Å². The third-order valence-electron chi connectivity index (χ3n) is 6.80. The van der Waals surface area contributed by atoms with Crippen molar-refractivity contribution >= 4 is 33.5 Å². The molecule has 1 fully saturated rings. The SMILES string of the molecule is COc1cc2c(cc1C=CC(=O)N1CCN(Cc3nc4sc(C)c(C)c4c(=O)[nH]3)CC1)OC(C)C2. The molecule has 5 rings (SSSR count). The molecule has 0 bridgehead atoms. The van der Waals surface area contributed by atoms with Crippen LogP contribution in [0.1, 0.15) is 34.3 Å². The fraction of sp³-hybridized carbons (Fsp3) is 0.423. The first kappa shape index (κ1) is 23.6. The Morgan fingerprint density at radius 2 is 2.06 bits per heavy atom. The van der Waals surface area contributed by atoms with E-state index in [-0.39, 0.29) is 17.6 Å². The summed E-state index contributed by atoms with van der Waals surface area (Å²) < 4.78 is 11.4. The van der Waals surface area contributed by atoms with Gasteiger partial charge in [-0.15, -0.1) is 11.3 Å². The molecule has 0 spiro atoms. The van der Waals surface area contributed by atoms with Gasteiger partial charge in [0.1, 0.15) is 28.3 Å². The molecule has 2 aliphatic rings. The van der Waals surface area contributed by atoms with Crippen LogP contribution in [0.3, 0.4) is 0 Å². The van der Waals surface area contributed by atoms with Crippen molar-refractivity contribution in [3.8, 4) is 11.5 Å². The summed E-state index contributed by atoms with van der Waals surface area (Å²) in [5.74, 6) is 2.24. The molecule has 0 radical (unpaired) electrons. The van der Waals surface area contributed by atoms with E-state index in [1.54, 1.807) is 30.6 Å². The lowest BCUT2D eigenvalue weighted by Crippen LogP contribution is -2.48. The molecule has 184 valence electrons. The van der Waals surface area contributed by atoms with E-state index in [0.717, 1.165) is 57.4 Å². The second-order valence-electron chi connectivity index (χ2n) is 9.25. The molecule has 8 nitrogen and oxygen atoms in total. The summed E-state index contributed by atoms with van der Waals surface area (Å²) in [5.41, 5.74) is 2.89. The van der Waals surface area contributed by atoms with Crippen LogP contribution < -0.4 is 15.0 Å². The molecule has 1 amide bonds. The number of nitrogens with one attached hydrogen (secondary N) is 1. The minimum Gasteiger partial charge on any atom is -0.496 e. The van der Waals surface area contributed by atoms with Crippen molar-refractivity contribution < 1.29 is 14.3 Å². The third-order valence-corrected chi connectivity index (χ3v) is 7.90. The van der Waals surface area contributed by atoms with Gasteiger partial charge in [0.05, 0.1) is 19.0 Å². The fourth-order valence-corrected chi connectivity index (χ4v) is 5.79. The van der Waals surface area contributed by atoms with Crippen LogP contribution in [0.15, 0.2) is 23.0 Å². The monoisotopic (exact) mass is 494 g/mol. The first-order valence-corrected chi connectivity index (χ1v) is 12.7. The molecular formula is C26H30N4O4S. The number of hydrogen-bond acceptors (Lipinski definition) is 7. The van der Waals surface area contributed by atoms with Gasteiger partial charge < -0.3 is 19.4 Å². The Labute approximate surface area is 208 Å². The Bertz CT molecular complexity index is 1370. The highest BCUT2D eigenvalue weighted by Crippen LogP contribution is 2.35. The zero-order valence-electron chi connectivity index (χ0n) is 20.5. The maximum atomic E-state index is 12.8. The van der Waals surface area contributed by atoms with E-state index in [1.165, 1.54) is 0 Å². The van der Waals surface area contributed by atoms with E-state index in [2.05, 4.69) is 14.9 Å². The lowest BCUT2D eigenvalue weighted by molar-refractivity contribution is -0.127. The average Bonchev–Trinajstić information content (AvgIpc) is 3.34. The largest absolute Gasteiger partial charge is 0.496 e. The van der Waals surface area contributed by atoms with Gasteiger partial charge in [-0.1, -0.05) is 0 Å². The van der Waals surface area contributed by atoms with Crippen LogP contribution in [-0.2, 0) is 17.8 Å². The van der Waals surface area contributed by atoms with Gasteiger partial charge in [0.15, 0.2) is 0 Å². The fourth-order valence-electron chi connectivity index (χ4n) is 4.74. The number of nitrogens with zero attached hydrogens (tertiary/aromatic N) is 3. The minimum atomic E-state index is -0.0763. The predicted molar refractivity (Wildman–Crippen MR) is 137 cm³/mol. The number of fused-ring (bicyclic) bond motifs is 2. The number of H-pyrrole nitrogens is 1. The molecule has 2 aromatic heterocycles. The van der Waals surface area contributed by atoms with Gasteiger partial charge >= 0.3 is 0 Å². The summed E-state index contributed by atoms with van der Waals surface area (Å²) >= 11 is 1.56. The van der Waals surface area contributed by atoms with E-state index in [9.17, 15) is 9.59 Å². The van der Waals surface area contributed by atoms with Crippen LogP contribution in [0.5, 0.6) is 11.5 Å². The maximum absolute atomic E-state index is 12.8. The van der Waals surface area contributed by atoms with Crippen molar-refractivity contribution in [1.29, 1.82) is 0 Å². The molecule has 9 heteroatoms. The summed E-state index contributed by atoms with van der Waals surface area (Å²) in [7, 11) is 1.64. The van der Waals surface area contributed by atoms with E-state index in [1.807, 2.05) is 37.8 Å². The lowest BCUT2D eigenvalue weighted by Gasteiger charge is -2.33. The van der Waals surface area contributed by atoms with Crippen LogP contribution in [-0.4, -0.2) is 65.1 Å². The van der Waals surface area contributed by atoms with Crippen LogP contribution in [0.4, 0.5) is 0 Å². The van der Waals surface area contributed by atoms with Crippen molar-refractivity contribution in [2.75, 3.05) is 33.3 Å². The molecule has 1 saturated heterocycles. The predicted octanol–water partition coefficient (Wildman–Crippen LogP) is 3.29. The normalized spacial score (nSPS) is 18.3. The molecule has 0 saturated carbocycles. The van der Waals surface area contributed by atoms with Gasteiger partial charge in [-0.3, -0.25) is 14.5 Å². The zero-order chi connectivity index (χ0) is 24.7. The molecule has 1 unspecified atom stereocenters. The van der Waals surface area contributed by atoms with Gasteiger partial charge in [-0.2, -0.15) is 0 Å². The number of aromatic amines is 1. The summed E-state index contributed by atoms with van der Waals surface area (Å²) in [4.78, 5) is 39.0. The third kappa shape index (κ3) is 4.70. The number of piperazine rings is 1. The van der Waals surface area contributed by atoms with Crippen molar-refractivity contribution in [2.24, 2.45) is 0 Å². The Balaban J connectivity index is 1.21. The highest BCUT2D eigenvalue weighted by Gasteiger charge is 2.23. The molecule has 1 aromatic carbocycles. The molecule has 1 atom stereocenters. The number of ether oxygens (including phenoxy) is 2. The Morgan fingerprint density at radius 1 is 1.29 bits per heavy atom. The van der Waals surface area contributed by atoms with E-state index in [4.69, 9.17) is 9.47 Å². The second kappa shape index (κ2) is 9.47. The van der Waals surface area contributed by atoms with Gasteiger partial charge in [0.2, 0.25) is 5.91 Å². The van der Waals surface area contributed by atoms with E-state index in [0.29, 0.717) is 30.8 Å². The highest BCUT2D eigenvalue weighted by molar-refractivity contribution is 7.18. The molecule has 35 heavy (non-hydrogen) atoms. The number of aromatic nitrogens is 2. The quantitative estimate of drug-likeness (QED) is 0.548. The summed E-state index contributed by atoms with van der Waals surface area (Å²) in [6.07, 6.45) is 4.42. The number of hydrogen-bond donors (Lipinski definition) is 1. The number of carbonyl (C=O) groups excluding carboxylic acids is 1. The lowest BCUT2D eigenvalue weighted by atomic mass is 10.1. The van der Waals surface area contributed by atoms with Crippen molar-refractivity contribution in [3.63, 3.8) is 0 Å². The molecule has 2 aliphatic heterocycles. The number of amides is 1. The number of thiophene rings is 1. The number of benzene rings is 1. The summed E-state index contributed by atoms with van der Waals surface area (Å²) in [5, 5.41) is 0.694. The average molecular weight is 495 g/mol. The Morgan fingerprint density at radius 3 is 2.80 bits per heavy atom. The smallest absolute Gasteiger partial charge is 0.259 e. The Kier molecular flexibility index (Phi) is 6.37. The van der Waals surface area contributed by atoms with Crippen LogP contribution >= 0.6 is 11.3 Å². The Hall–Kier alpha value is -3.17. The standard InChI is InChI=1S/C26H30N4O4S/c1-15-11-19-13-20(33-4)18(12-21(19)34-15)5-6-23(31)30-9-7-29(8-10-30)14-22-27-25(32)24-16(2)17(3)35-26(24)28-22/h5-6,12-13,15H,7-11,14H2,1-4H3,(H,27,28,32). The van der Waals surface area contributed by atoms with Crippen LogP contribution in [0.25, 0.3) is 16.3 Å². The first-order chi connectivity index (χ1) is 16.8. The topological polar surface area (TPSA) is 87.8 Å². The van der Waals surface area contributed by atoms with Crippen molar-refractivity contribution in [2.45, 2.75) is 39.8 Å². The zero-order valence-corrected chi connectivity index (χ0v) is 21.3. The van der Waals surface area contributed by atoms with E-state index < -0.39 is 0 Å². The van der Waals surface area contributed by atoms with Gasteiger partial charge in [0, 0.05) is 54.7 Å². The molecule has 0 aliphatic carbocycles. The first-order valence-electron chi connectivity index (χ1n) is 11.9. The maximum Gasteiger partial charge on any atom is 0.259 e. The number of methoxy groups -OCH3 is 1. The molecule has 4 heterocycles. The summed E-state index contributed by atoms with van der Waals surface area (Å²) in [6.45, 7) is 9.26. The number of rotatable bonds is 5. The van der Waals surface area contributed by atoms with Gasteiger partial charge in [-0.05, 0) is 44.5 Å². The number of carbonyl (C=O) groups is 1. The molecule has 1 N–H and O–H groups in total. The minimum absolute atomic E-state index is 0.0287. The molecule has 3 aromatic rings. The second-order valence-corrected chi connectivity index (χ2v) is 10.4.